The molecule has 2 heterocycles. The summed E-state index contributed by atoms with van der Waals surface area (Å²) >= 11 is 0. The average Bonchev–Trinajstić information content (AvgIpc) is 3.65. The summed E-state index contributed by atoms with van der Waals surface area (Å²) in [5, 5.41) is 0. The van der Waals surface area contributed by atoms with Crippen molar-refractivity contribution in [3.05, 3.63) is 65.7 Å². The zero-order valence-electron chi connectivity index (χ0n) is 21.7. The molecule has 2 aromatic carbocycles. The fraction of sp³-hybridized carbons (Fsp3) is 0.448. The summed E-state index contributed by atoms with van der Waals surface area (Å²) in [5.41, 5.74) is 1.67. The standard InChI is InChI=1S/C29H34N2O7/c1-36-27(33)23(18-21-11-13-24(14-12-21)38-28(34)30-15-5-6-16-30)19-26(32)25-10-7-17-31(25)29(35)37-20-22-8-3-2-4-9-22/h2-4,8-9,11-14,23,25H,5-7,10,15-20H2,1H3/t23-,25+/m1/s1. The fourth-order valence-electron chi connectivity index (χ4n) is 4.95. The number of ketones is 1. The van der Waals surface area contributed by atoms with E-state index < -0.39 is 24.0 Å². The quantitative estimate of drug-likeness (QED) is 0.451. The van der Waals surface area contributed by atoms with Crippen molar-refractivity contribution in [2.45, 2.75) is 51.2 Å². The summed E-state index contributed by atoms with van der Waals surface area (Å²) in [6.07, 6.45) is 2.52. The Morgan fingerprint density at radius 3 is 2.26 bits per heavy atom. The number of likely N-dealkylation sites (tertiary alicyclic amines) is 2. The van der Waals surface area contributed by atoms with E-state index in [9.17, 15) is 19.2 Å². The number of amides is 2. The van der Waals surface area contributed by atoms with Gasteiger partial charge in [0.05, 0.1) is 19.1 Å². The lowest BCUT2D eigenvalue weighted by molar-refractivity contribution is -0.147. The van der Waals surface area contributed by atoms with Crippen molar-refractivity contribution in [1.29, 1.82) is 0 Å². The van der Waals surface area contributed by atoms with Crippen LogP contribution in [-0.2, 0) is 32.1 Å². The molecule has 0 saturated carbocycles. The van der Waals surface area contributed by atoms with E-state index in [-0.39, 0.29) is 31.3 Å². The van der Waals surface area contributed by atoms with Crippen LogP contribution in [0.4, 0.5) is 9.59 Å². The van der Waals surface area contributed by atoms with Crippen molar-refractivity contribution < 1.29 is 33.4 Å². The number of benzene rings is 2. The van der Waals surface area contributed by atoms with Gasteiger partial charge in [-0.25, -0.2) is 9.59 Å². The van der Waals surface area contributed by atoms with Crippen molar-refractivity contribution in [2.75, 3.05) is 26.7 Å². The SMILES string of the molecule is COC(=O)[C@@H](CC(=O)[C@@H]1CCCN1C(=O)OCc1ccccc1)Cc1ccc(OC(=O)N2CCCC2)cc1. The van der Waals surface area contributed by atoms with E-state index in [1.807, 2.05) is 30.3 Å². The first-order valence-electron chi connectivity index (χ1n) is 13.1. The molecule has 0 bridgehead atoms. The van der Waals surface area contributed by atoms with Gasteiger partial charge >= 0.3 is 18.2 Å². The number of esters is 1. The predicted molar refractivity (Wildman–Crippen MR) is 138 cm³/mol. The average molecular weight is 523 g/mol. The third-order valence-electron chi connectivity index (χ3n) is 7.02. The number of rotatable bonds is 9. The Hall–Kier alpha value is -3.88. The summed E-state index contributed by atoms with van der Waals surface area (Å²) in [6, 6.07) is 15.6. The van der Waals surface area contributed by atoms with Gasteiger partial charge in [0.2, 0.25) is 0 Å². The molecule has 2 fully saturated rings. The second-order valence-corrected chi connectivity index (χ2v) is 9.69. The number of hydrogen-bond donors (Lipinski definition) is 0. The maximum atomic E-state index is 13.2. The van der Waals surface area contributed by atoms with E-state index in [0.29, 0.717) is 38.2 Å². The van der Waals surface area contributed by atoms with Gasteiger partial charge in [0.1, 0.15) is 12.4 Å². The molecule has 4 rings (SSSR count). The summed E-state index contributed by atoms with van der Waals surface area (Å²) in [6.45, 7) is 1.97. The van der Waals surface area contributed by atoms with E-state index in [2.05, 4.69) is 0 Å². The summed E-state index contributed by atoms with van der Waals surface area (Å²) in [4.78, 5) is 53.8. The minimum atomic E-state index is -0.701. The fourth-order valence-corrected chi connectivity index (χ4v) is 4.95. The van der Waals surface area contributed by atoms with Crippen LogP contribution in [0.2, 0.25) is 0 Å². The largest absolute Gasteiger partial charge is 0.469 e. The Morgan fingerprint density at radius 2 is 1.58 bits per heavy atom. The highest BCUT2D eigenvalue weighted by atomic mass is 16.6. The van der Waals surface area contributed by atoms with Crippen LogP contribution >= 0.6 is 0 Å². The molecule has 202 valence electrons. The highest BCUT2D eigenvalue weighted by molar-refractivity contribution is 5.91. The molecule has 2 atom stereocenters. The lowest BCUT2D eigenvalue weighted by atomic mass is 9.91. The topological polar surface area (TPSA) is 102 Å². The number of hydrogen-bond acceptors (Lipinski definition) is 7. The smallest absolute Gasteiger partial charge is 0.415 e. The first-order chi connectivity index (χ1) is 18.4. The molecule has 2 aliphatic heterocycles. The number of Topliss-reactive ketones (excluding diaryl/α,β-unsaturated/α-hetero) is 1. The molecule has 0 unspecified atom stereocenters. The second-order valence-electron chi connectivity index (χ2n) is 9.69. The van der Waals surface area contributed by atoms with Gasteiger partial charge in [-0.15, -0.1) is 0 Å². The normalized spacial score (nSPS) is 17.7. The van der Waals surface area contributed by atoms with Gasteiger partial charge in [-0.2, -0.15) is 0 Å². The molecule has 9 nitrogen and oxygen atoms in total. The van der Waals surface area contributed by atoms with Gasteiger partial charge in [0.15, 0.2) is 5.78 Å². The van der Waals surface area contributed by atoms with Gasteiger partial charge < -0.3 is 19.1 Å². The highest BCUT2D eigenvalue weighted by Gasteiger charge is 2.37. The molecule has 0 N–H and O–H groups in total. The zero-order chi connectivity index (χ0) is 26.9. The Kier molecular flexibility index (Phi) is 9.35. The minimum absolute atomic E-state index is 0.0501. The molecule has 0 aliphatic carbocycles. The van der Waals surface area contributed by atoms with Gasteiger partial charge in [-0.3, -0.25) is 14.5 Å². The third kappa shape index (κ3) is 7.12. The number of ether oxygens (including phenoxy) is 3. The molecule has 2 aliphatic rings. The van der Waals surface area contributed by atoms with E-state index in [4.69, 9.17) is 14.2 Å². The summed E-state index contributed by atoms with van der Waals surface area (Å²) < 4.78 is 15.8. The maximum Gasteiger partial charge on any atom is 0.415 e. The lowest BCUT2D eigenvalue weighted by Crippen LogP contribution is -2.42. The van der Waals surface area contributed by atoms with E-state index in [1.165, 1.54) is 12.0 Å². The van der Waals surface area contributed by atoms with Crippen LogP contribution in [0.3, 0.4) is 0 Å². The van der Waals surface area contributed by atoms with Gasteiger partial charge in [0, 0.05) is 26.1 Å². The predicted octanol–water partition coefficient (Wildman–Crippen LogP) is 4.37. The first-order valence-corrected chi connectivity index (χ1v) is 13.1. The molecule has 38 heavy (non-hydrogen) atoms. The van der Waals surface area contributed by atoms with Crippen LogP contribution in [0, 0.1) is 5.92 Å². The summed E-state index contributed by atoms with van der Waals surface area (Å²) in [7, 11) is 1.30. The molecule has 0 spiro atoms. The van der Waals surface area contributed by atoms with E-state index in [0.717, 1.165) is 24.0 Å². The molecule has 2 aromatic rings. The minimum Gasteiger partial charge on any atom is -0.469 e. The van der Waals surface area contributed by atoms with Crippen LogP contribution in [0.15, 0.2) is 54.6 Å². The number of methoxy groups -OCH3 is 1. The highest BCUT2D eigenvalue weighted by Crippen LogP contribution is 2.25. The zero-order valence-corrected chi connectivity index (χ0v) is 21.7. The van der Waals surface area contributed by atoms with Gasteiger partial charge in [-0.05, 0) is 55.4 Å². The number of carbonyl (C=O) groups is 4. The number of nitrogens with zero attached hydrogens (tertiary/aromatic N) is 2. The Labute approximate surface area is 222 Å². The second kappa shape index (κ2) is 13.1. The van der Waals surface area contributed by atoms with Crippen molar-refractivity contribution in [1.82, 2.24) is 9.80 Å². The lowest BCUT2D eigenvalue weighted by Gasteiger charge is -2.24. The van der Waals surface area contributed by atoms with Crippen molar-refractivity contribution >= 4 is 23.9 Å². The molecule has 0 radical (unpaired) electrons. The molecular formula is C29H34N2O7. The monoisotopic (exact) mass is 522 g/mol. The van der Waals surface area contributed by atoms with Crippen LogP contribution in [0.1, 0.15) is 43.2 Å². The van der Waals surface area contributed by atoms with E-state index >= 15 is 0 Å². The van der Waals surface area contributed by atoms with Crippen LogP contribution in [0.5, 0.6) is 5.75 Å². The Bertz CT molecular complexity index is 1110. The molecule has 2 amide bonds. The van der Waals surface area contributed by atoms with Crippen LogP contribution < -0.4 is 4.74 Å². The Morgan fingerprint density at radius 1 is 0.868 bits per heavy atom. The van der Waals surface area contributed by atoms with Crippen LogP contribution in [-0.4, -0.2) is 66.5 Å². The Balaban J connectivity index is 1.33. The van der Waals surface area contributed by atoms with Crippen molar-refractivity contribution in [2.24, 2.45) is 5.92 Å². The number of carbonyl (C=O) groups excluding carboxylic acids is 4. The molecule has 0 aromatic heterocycles. The first kappa shape index (κ1) is 27.2. The maximum absolute atomic E-state index is 13.2. The van der Waals surface area contributed by atoms with Crippen LogP contribution in [0.25, 0.3) is 0 Å². The van der Waals surface area contributed by atoms with Crippen molar-refractivity contribution in [3.63, 3.8) is 0 Å². The summed E-state index contributed by atoms with van der Waals surface area (Å²) in [5.74, 6) is -0.954. The molecular weight excluding hydrogens is 488 g/mol. The molecule has 9 heteroatoms. The van der Waals surface area contributed by atoms with Gasteiger partial charge in [0.25, 0.3) is 0 Å². The van der Waals surface area contributed by atoms with Gasteiger partial charge in [-0.1, -0.05) is 42.5 Å². The molecule has 2 saturated heterocycles. The third-order valence-corrected chi connectivity index (χ3v) is 7.02. The van der Waals surface area contributed by atoms with Crippen molar-refractivity contribution in [3.8, 4) is 5.75 Å². The van der Waals surface area contributed by atoms with E-state index in [1.54, 1.807) is 29.2 Å².